The van der Waals surface area contributed by atoms with Crippen LogP contribution < -0.4 is 10.1 Å². The number of ether oxygens (including phenoxy) is 1. The van der Waals surface area contributed by atoms with Crippen molar-refractivity contribution < 1.29 is 9.53 Å². The molecule has 0 unspecified atom stereocenters. The molecule has 0 radical (unpaired) electrons. The lowest BCUT2D eigenvalue weighted by Gasteiger charge is -2.06. The lowest BCUT2D eigenvalue weighted by atomic mass is 10.2. The van der Waals surface area contributed by atoms with Crippen molar-refractivity contribution in [3.05, 3.63) is 52.4 Å². The van der Waals surface area contributed by atoms with E-state index in [9.17, 15) is 4.79 Å². The number of methoxy groups -OCH3 is 1. The summed E-state index contributed by atoms with van der Waals surface area (Å²) >= 11 is 8.87. The maximum absolute atomic E-state index is 12.8. The summed E-state index contributed by atoms with van der Waals surface area (Å²) in [5.74, 6) is 0.632. The summed E-state index contributed by atoms with van der Waals surface area (Å²) in [6, 6.07) is 13.2. The molecule has 27 heavy (non-hydrogen) atoms. The number of anilines is 1. The highest BCUT2D eigenvalue weighted by molar-refractivity contribution is 7.99. The Morgan fingerprint density at radius 3 is 2.78 bits per heavy atom. The summed E-state index contributed by atoms with van der Waals surface area (Å²) in [7, 11) is 1.62. The third-order valence-corrected chi connectivity index (χ3v) is 6.35. The maximum atomic E-state index is 12.8. The highest BCUT2D eigenvalue weighted by atomic mass is 35.5. The number of thiophene rings is 1. The molecular weight excluding hydrogens is 406 g/mol. The van der Waals surface area contributed by atoms with Gasteiger partial charge in [0.25, 0.3) is 5.91 Å². The summed E-state index contributed by atoms with van der Waals surface area (Å²) in [5.41, 5.74) is 0. The zero-order valence-electron chi connectivity index (χ0n) is 13.9. The molecule has 2 aromatic heterocycles. The first-order chi connectivity index (χ1) is 13.1. The van der Waals surface area contributed by atoms with Crippen LogP contribution in [0.2, 0.25) is 5.02 Å². The quantitative estimate of drug-likeness (QED) is 0.497. The molecule has 2 N–H and O–H groups in total. The van der Waals surface area contributed by atoms with Crippen molar-refractivity contribution in [3.8, 4) is 5.75 Å². The standard InChI is InChI=1S/C17H12ClN5O2S2/c1-25-10-4-7-13-12(8-10)14(26-11-5-2-9(18)3-6-11)15(27-13)16(24)19-17-20-22-23-21-17/h2-8H,1H3,(H2,19,20,21,22,23,24). The number of nitrogens with zero attached hydrogens (tertiary/aromatic N) is 3. The summed E-state index contributed by atoms with van der Waals surface area (Å²) in [4.78, 5) is 15.2. The van der Waals surface area contributed by atoms with Gasteiger partial charge in [0.05, 0.1) is 7.11 Å². The van der Waals surface area contributed by atoms with E-state index in [0.29, 0.717) is 9.90 Å². The summed E-state index contributed by atoms with van der Waals surface area (Å²) in [6.45, 7) is 0. The van der Waals surface area contributed by atoms with Gasteiger partial charge < -0.3 is 4.74 Å². The molecule has 0 bridgehead atoms. The number of aromatic nitrogens is 4. The van der Waals surface area contributed by atoms with E-state index in [4.69, 9.17) is 16.3 Å². The first-order valence-corrected chi connectivity index (χ1v) is 9.74. The zero-order valence-corrected chi connectivity index (χ0v) is 16.3. The van der Waals surface area contributed by atoms with Gasteiger partial charge in [-0.3, -0.25) is 10.1 Å². The first-order valence-electron chi connectivity index (χ1n) is 7.73. The average molecular weight is 418 g/mol. The molecule has 0 aliphatic heterocycles. The fourth-order valence-electron chi connectivity index (χ4n) is 2.43. The molecular formula is C17H12ClN5O2S2. The SMILES string of the molecule is COc1ccc2sc(C(=O)Nc3nnn[nH]3)c(Sc3ccc(Cl)cc3)c2c1. The first kappa shape index (κ1) is 17.8. The number of halogens is 1. The van der Waals surface area contributed by atoms with Crippen molar-refractivity contribution in [2.75, 3.05) is 12.4 Å². The van der Waals surface area contributed by atoms with E-state index >= 15 is 0 Å². The molecule has 2 aromatic carbocycles. The van der Waals surface area contributed by atoms with Crippen molar-refractivity contribution >= 4 is 56.6 Å². The molecule has 1 amide bonds. The molecule has 0 aliphatic rings. The van der Waals surface area contributed by atoms with Gasteiger partial charge in [-0.15, -0.1) is 11.3 Å². The van der Waals surface area contributed by atoms with Crippen LogP contribution in [0.5, 0.6) is 5.75 Å². The van der Waals surface area contributed by atoms with Gasteiger partial charge in [0.1, 0.15) is 10.6 Å². The third kappa shape index (κ3) is 3.75. The van der Waals surface area contributed by atoms with E-state index in [1.807, 2.05) is 42.5 Å². The van der Waals surface area contributed by atoms with E-state index in [0.717, 1.165) is 25.6 Å². The van der Waals surface area contributed by atoms with E-state index < -0.39 is 0 Å². The predicted molar refractivity (Wildman–Crippen MR) is 106 cm³/mol. The van der Waals surface area contributed by atoms with Crippen molar-refractivity contribution in [2.45, 2.75) is 9.79 Å². The van der Waals surface area contributed by atoms with Crippen LogP contribution in [0.15, 0.2) is 52.3 Å². The third-order valence-electron chi connectivity index (χ3n) is 3.67. The van der Waals surface area contributed by atoms with Crippen molar-refractivity contribution in [2.24, 2.45) is 0 Å². The molecule has 4 rings (SSSR count). The van der Waals surface area contributed by atoms with Crippen LogP contribution in [0.25, 0.3) is 10.1 Å². The molecule has 0 spiro atoms. The molecule has 0 saturated heterocycles. The number of carbonyl (C=O) groups is 1. The fourth-order valence-corrected chi connectivity index (χ4v) is 4.81. The largest absolute Gasteiger partial charge is 0.497 e. The summed E-state index contributed by atoms with van der Waals surface area (Å²) in [6.07, 6.45) is 0. The maximum Gasteiger partial charge on any atom is 0.269 e. The molecule has 0 atom stereocenters. The van der Waals surface area contributed by atoms with Crippen molar-refractivity contribution in [3.63, 3.8) is 0 Å². The highest BCUT2D eigenvalue weighted by Crippen LogP contribution is 2.43. The predicted octanol–water partition coefficient (Wildman–Crippen LogP) is 4.48. The molecule has 0 aliphatic carbocycles. The van der Waals surface area contributed by atoms with E-state index in [1.54, 1.807) is 7.11 Å². The number of amides is 1. The van der Waals surface area contributed by atoms with Gasteiger partial charge in [0, 0.05) is 24.9 Å². The monoisotopic (exact) mass is 417 g/mol. The van der Waals surface area contributed by atoms with E-state index in [2.05, 4.69) is 25.9 Å². The minimum absolute atomic E-state index is 0.192. The number of rotatable bonds is 5. The number of carbonyl (C=O) groups excluding carboxylic acids is 1. The lowest BCUT2D eigenvalue weighted by molar-refractivity contribution is 0.102. The van der Waals surface area contributed by atoms with Gasteiger partial charge in [0.2, 0.25) is 5.95 Å². The van der Waals surface area contributed by atoms with Gasteiger partial charge in [0.15, 0.2) is 0 Å². The van der Waals surface area contributed by atoms with Gasteiger partial charge in [-0.25, -0.2) is 5.10 Å². The Balaban J connectivity index is 1.78. The van der Waals surface area contributed by atoms with Gasteiger partial charge in [-0.1, -0.05) is 28.5 Å². The molecule has 0 saturated carbocycles. The van der Waals surface area contributed by atoms with E-state index in [-0.39, 0.29) is 11.9 Å². The average Bonchev–Trinajstić information content (AvgIpc) is 3.31. The molecule has 2 heterocycles. The Morgan fingerprint density at radius 1 is 1.26 bits per heavy atom. The number of hydrogen-bond donors (Lipinski definition) is 2. The Bertz CT molecular complexity index is 1100. The minimum Gasteiger partial charge on any atom is -0.497 e. The Labute approximate surface area is 167 Å². The second kappa shape index (κ2) is 7.55. The van der Waals surface area contributed by atoms with Crippen LogP contribution in [-0.2, 0) is 0 Å². The minimum atomic E-state index is -0.287. The molecule has 10 heteroatoms. The number of nitrogens with one attached hydrogen (secondary N) is 2. The summed E-state index contributed by atoms with van der Waals surface area (Å²) in [5, 5.41) is 17.4. The van der Waals surface area contributed by atoms with Crippen LogP contribution in [0.1, 0.15) is 9.67 Å². The number of aromatic amines is 1. The number of hydrogen-bond acceptors (Lipinski definition) is 7. The second-order valence-corrected chi connectivity index (χ2v) is 7.95. The van der Waals surface area contributed by atoms with E-state index in [1.165, 1.54) is 23.1 Å². The Morgan fingerprint density at radius 2 is 2.07 bits per heavy atom. The molecule has 136 valence electrons. The number of fused-ring (bicyclic) bond motifs is 1. The highest BCUT2D eigenvalue weighted by Gasteiger charge is 2.21. The zero-order chi connectivity index (χ0) is 18.8. The number of benzene rings is 2. The van der Waals surface area contributed by atoms with Crippen LogP contribution in [0, 0.1) is 0 Å². The normalized spacial score (nSPS) is 10.9. The Kier molecular flexibility index (Phi) is 4.97. The number of tetrazole rings is 1. The number of H-pyrrole nitrogens is 1. The van der Waals surface area contributed by atoms with Crippen molar-refractivity contribution in [1.82, 2.24) is 20.6 Å². The molecule has 4 aromatic rings. The van der Waals surface area contributed by atoms with Crippen LogP contribution in [0.3, 0.4) is 0 Å². The fraction of sp³-hybridized carbons (Fsp3) is 0.0588. The van der Waals surface area contributed by atoms with Gasteiger partial charge >= 0.3 is 0 Å². The Hall–Kier alpha value is -2.62. The topological polar surface area (TPSA) is 92.8 Å². The lowest BCUT2D eigenvalue weighted by Crippen LogP contribution is -2.12. The molecule has 7 nitrogen and oxygen atoms in total. The van der Waals surface area contributed by atoms with Gasteiger partial charge in [-0.2, -0.15) is 0 Å². The van der Waals surface area contributed by atoms with Crippen LogP contribution >= 0.6 is 34.7 Å². The van der Waals surface area contributed by atoms with Crippen LogP contribution in [-0.4, -0.2) is 33.6 Å². The van der Waals surface area contributed by atoms with Crippen LogP contribution in [0.4, 0.5) is 5.95 Å². The molecule has 0 fully saturated rings. The smallest absolute Gasteiger partial charge is 0.269 e. The second-order valence-electron chi connectivity index (χ2n) is 5.38. The van der Waals surface area contributed by atoms with Crippen molar-refractivity contribution in [1.29, 1.82) is 0 Å². The summed E-state index contributed by atoms with van der Waals surface area (Å²) < 4.78 is 6.32. The van der Waals surface area contributed by atoms with Gasteiger partial charge in [-0.05, 0) is 52.9 Å².